The quantitative estimate of drug-likeness (QED) is 0.0403. The van der Waals surface area contributed by atoms with Gasteiger partial charge in [-0.25, -0.2) is 9.59 Å². The van der Waals surface area contributed by atoms with Gasteiger partial charge in [0.05, 0.1) is 23.2 Å². The summed E-state index contributed by atoms with van der Waals surface area (Å²) in [6.07, 6.45) is 7.47. The predicted octanol–water partition coefficient (Wildman–Crippen LogP) is 8.45. The summed E-state index contributed by atoms with van der Waals surface area (Å²) < 4.78 is 26.0. The van der Waals surface area contributed by atoms with E-state index in [1.807, 2.05) is 50.2 Å². The minimum Gasteiger partial charge on any atom is -0.459 e. The minimum absolute atomic E-state index is 0.000478. The Labute approximate surface area is 362 Å². The lowest BCUT2D eigenvalue weighted by Crippen LogP contribution is -2.70. The molecule has 0 bridgehead atoms. The molecule has 1 aliphatic heterocycles. The molecule has 1 saturated carbocycles. The lowest BCUT2D eigenvalue weighted by atomic mass is 9.55. The number of hydrogen-bond acceptors (Lipinski definition) is 12. The molecule has 15 heteroatoms. The summed E-state index contributed by atoms with van der Waals surface area (Å²) in [5, 5.41) is 38.7. The number of hydrogen-bond donors (Lipinski definition) is 3. The number of aliphatic hydroxyl groups is 2. The van der Waals surface area contributed by atoms with Crippen molar-refractivity contribution in [3.63, 3.8) is 0 Å². The Hall–Kier alpha value is -5.77. The summed E-state index contributed by atoms with van der Waals surface area (Å²) in [6, 6.07) is 19.3. The van der Waals surface area contributed by atoms with Gasteiger partial charge in [-0.2, -0.15) is 0 Å². The van der Waals surface area contributed by atoms with Crippen molar-refractivity contribution in [2.24, 2.45) is 22.9 Å². The van der Waals surface area contributed by atoms with Gasteiger partial charge in [-0.15, -0.1) is 6.58 Å². The fourth-order valence-corrected chi connectivity index (χ4v) is 9.18. The van der Waals surface area contributed by atoms with Crippen molar-refractivity contribution < 1.29 is 48.5 Å². The molecule has 1 heterocycles. The molecule has 6 atom stereocenters. The highest BCUT2D eigenvalue weighted by molar-refractivity contribution is 6.03. The number of carbonyl (C=O) groups excluding carboxylic acids is 2. The number of non-ortho nitro benzene ring substituents is 1. The van der Waals surface area contributed by atoms with Crippen LogP contribution in [0.1, 0.15) is 82.3 Å². The summed E-state index contributed by atoms with van der Waals surface area (Å²) in [7, 11) is 0. The van der Waals surface area contributed by atoms with Gasteiger partial charge >= 0.3 is 12.2 Å². The van der Waals surface area contributed by atoms with Gasteiger partial charge in [-0.3, -0.25) is 15.0 Å². The number of allylic oxidation sites excluding steroid dienone is 1. The summed E-state index contributed by atoms with van der Waals surface area (Å²) in [5.74, 6) is -1.59. The Morgan fingerprint density at radius 1 is 1.00 bits per heavy atom. The maximum Gasteiger partial charge on any atom is 0.415 e. The Balaban J connectivity index is 1.50. The third-order valence-electron chi connectivity index (χ3n) is 11.8. The molecule has 0 aromatic heterocycles. The van der Waals surface area contributed by atoms with Crippen LogP contribution in [0.3, 0.4) is 0 Å². The van der Waals surface area contributed by atoms with Gasteiger partial charge in [0, 0.05) is 56.3 Å². The first kappa shape index (κ1) is 45.7. The molecular weight excluding hydrogens is 797 g/mol. The third kappa shape index (κ3) is 10.5. The number of ether oxygens (including phenoxy) is 4. The number of nitro benzene ring substituents is 1. The van der Waals surface area contributed by atoms with E-state index in [0.29, 0.717) is 43.1 Å². The summed E-state index contributed by atoms with van der Waals surface area (Å²) in [6.45, 7) is 8.74. The Morgan fingerprint density at radius 2 is 1.73 bits per heavy atom. The molecule has 15 nitrogen and oxygen atoms in total. The molecule has 0 spiro atoms. The first-order chi connectivity index (χ1) is 30.2. The summed E-state index contributed by atoms with van der Waals surface area (Å²) in [5.41, 5.74) is 3.05. The normalized spacial score (nSPS) is 22.9. The number of benzene rings is 3. The van der Waals surface area contributed by atoms with Crippen molar-refractivity contribution in [3.8, 4) is 17.2 Å². The zero-order chi connectivity index (χ0) is 44.1. The molecule has 3 aromatic rings. The fraction of sp³-hybridized carbons (Fsp3) is 0.468. The van der Waals surface area contributed by atoms with E-state index in [2.05, 4.69) is 18.0 Å². The third-order valence-corrected chi connectivity index (χ3v) is 11.8. The molecule has 2 aliphatic carbocycles. The average molecular weight is 855 g/mol. The number of fused-ring (bicyclic) bond motifs is 2. The molecule has 6 rings (SSSR count). The van der Waals surface area contributed by atoms with Crippen LogP contribution in [0.25, 0.3) is 0 Å². The Morgan fingerprint density at radius 3 is 2.40 bits per heavy atom. The number of carbonyl (C=O) groups is 2. The molecule has 0 radical (unpaired) electrons. The Kier molecular flexibility index (Phi) is 16.1. The highest BCUT2D eigenvalue weighted by Gasteiger charge is 2.65. The molecule has 3 N–H and O–H groups in total. The van der Waals surface area contributed by atoms with Crippen LogP contribution in [0.4, 0.5) is 15.3 Å². The molecule has 3 aromatic carbocycles. The Bertz CT molecular complexity index is 2060. The minimum atomic E-state index is -1.53. The lowest BCUT2D eigenvalue weighted by Gasteiger charge is -2.59. The SMILES string of the molecule is C=CCOC12Oc3ccc(OC(=O)NCc4ccccc4)cc3C3C(CCCCO)C(CCCCO)C=C(C(=NOCC)CC1N(CCC)C(=O)Oc1ccc([N+](=O)[O-])cc1)C32. The number of amides is 2. The first-order valence-corrected chi connectivity index (χ1v) is 21.6. The maximum absolute atomic E-state index is 14.5. The van der Waals surface area contributed by atoms with Crippen LogP contribution < -0.4 is 19.5 Å². The van der Waals surface area contributed by atoms with Gasteiger partial charge in [0.15, 0.2) is 0 Å². The van der Waals surface area contributed by atoms with Crippen LogP contribution in [-0.2, 0) is 16.1 Å². The van der Waals surface area contributed by atoms with Crippen LogP contribution in [0.15, 0.2) is 102 Å². The van der Waals surface area contributed by atoms with E-state index in [0.717, 1.165) is 42.4 Å². The number of aliphatic hydroxyl groups excluding tert-OH is 2. The first-order valence-electron chi connectivity index (χ1n) is 21.6. The number of oxime groups is 1. The number of nitrogens with zero attached hydrogens (tertiary/aromatic N) is 3. The van der Waals surface area contributed by atoms with Gasteiger partial charge in [-0.1, -0.05) is 67.4 Å². The molecular formula is C47H58N4O11. The van der Waals surface area contributed by atoms with Gasteiger partial charge in [0.1, 0.15) is 29.9 Å². The van der Waals surface area contributed by atoms with Gasteiger partial charge in [-0.05, 0) is 92.3 Å². The molecule has 62 heavy (non-hydrogen) atoms. The second-order valence-electron chi connectivity index (χ2n) is 15.7. The van der Waals surface area contributed by atoms with E-state index in [-0.39, 0.29) is 68.5 Å². The second-order valence-corrected chi connectivity index (χ2v) is 15.7. The molecule has 3 aliphatic rings. The zero-order valence-electron chi connectivity index (χ0n) is 35.5. The van der Waals surface area contributed by atoms with E-state index in [4.69, 9.17) is 28.9 Å². The van der Waals surface area contributed by atoms with E-state index in [1.54, 1.807) is 23.1 Å². The topological polar surface area (TPSA) is 192 Å². The summed E-state index contributed by atoms with van der Waals surface area (Å²) in [4.78, 5) is 46.0. The van der Waals surface area contributed by atoms with Crippen LogP contribution in [0.5, 0.6) is 17.2 Å². The monoisotopic (exact) mass is 854 g/mol. The van der Waals surface area contributed by atoms with Crippen molar-refractivity contribution in [2.45, 2.75) is 89.5 Å². The van der Waals surface area contributed by atoms with E-state index < -0.39 is 34.9 Å². The maximum atomic E-state index is 14.5. The molecule has 1 fully saturated rings. The molecule has 6 unspecified atom stereocenters. The largest absolute Gasteiger partial charge is 0.459 e. The van der Waals surface area contributed by atoms with Gasteiger partial charge in [0.2, 0.25) is 5.79 Å². The summed E-state index contributed by atoms with van der Waals surface area (Å²) >= 11 is 0. The average Bonchev–Trinajstić information content (AvgIpc) is 3.28. The van der Waals surface area contributed by atoms with Crippen LogP contribution in [0, 0.1) is 27.9 Å². The van der Waals surface area contributed by atoms with Crippen LogP contribution in [0.2, 0.25) is 0 Å². The van der Waals surface area contributed by atoms with Gasteiger partial charge in [0.25, 0.3) is 5.69 Å². The highest BCUT2D eigenvalue weighted by atomic mass is 16.7. The number of nitro groups is 1. The smallest absolute Gasteiger partial charge is 0.415 e. The number of rotatable bonds is 21. The van der Waals surface area contributed by atoms with Gasteiger partial charge < -0.3 is 39.3 Å². The van der Waals surface area contributed by atoms with Crippen molar-refractivity contribution in [2.75, 3.05) is 33.0 Å². The van der Waals surface area contributed by atoms with E-state index in [1.165, 1.54) is 24.3 Å². The standard InChI is InChI=1S/C47H58N4O11/c1-4-24-50(46(55)61-35-20-18-34(19-21-35)51(56)57)42-30-40(49-59-6-3)38-28-33(16-10-12-25-52)37(17-11-13-26-53)43-39-29-36(60-45(54)48-31-32-14-8-7-9-15-32)22-23-41(39)62-47(42,44(38)43)58-27-5-2/h5,7-9,14-15,18-23,28-29,33,37,42-44,52-53H,2,4,6,10-13,16-17,24-27,30-31H2,1,3H3,(H,48,54). The fourth-order valence-electron chi connectivity index (χ4n) is 9.18. The number of nitrogens with one attached hydrogen (secondary N) is 1. The van der Waals surface area contributed by atoms with E-state index >= 15 is 0 Å². The lowest BCUT2D eigenvalue weighted by molar-refractivity contribution is -0.384. The second kappa shape index (κ2) is 21.8. The predicted molar refractivity (Wildman–Crippen MR) is 232 cm³/mol. The van der Waals surface area contributed by atoms with Crippen LogP contribution >= 0.6 is 0 Å². The van der Waals surface area contributed by atoms with Crippen LogP contribution in [-0.4, -0.2) is 82.7 Å². The highest BCUT2D eigenvalue weighted by Crippen LogP contribution is 2.62. The van der Waals surface area contributed by atoms with Crippen molar-refractivity contribution in [3.05, 3.63) is 118 Å². The van der Waals surface area contributed by atoms with Crippen molar-refractivity contribution >= 4 is 23.6 Å². The zero-order valence-corrected chi connectivity index (χ0v) is 35.5. The van der Waals surface area contributed by atoms with Crippen molar-refractivity contribution in [1.29, 1.82) is 0 Å². The molecule has 332 valence electrons. The number of unbranched alkanes of at least 4 members (excludes halogenated alkanes) is 2. The van der Waals surface area contributed by atoms with E-state index in [9.17, 15) is 29.9 Å². The molecule has 0 saturated heterocycles. The van der Waals surface area contributed by atoms with Crippen molar-refractivity contribution in [1.82, 2.24) is 10.2 Å². The molecule has 2 amide bonds.